The molecule has 0 aromatic carbocycles. The van der Waals surface area contributed by atoms with Gasteiger partial charge in [0.1, 0.15) is 0 Å². The summed E-state index contributed by atoms with van der Waals surface area (Å²) in [4.78, 5) is 12.9. The predicted molar refractivity (Wildman–Crippen MR) is 124 cm³/mol. The molecule has 0 aromatic rings. The van der Waals surface area contributed by atoms with Gasteiger partial charge in [-0.3, -0.25) is 4.79 Å². The highest BCUT2D eigenvalue weighted by molar-refractivity contribution is 5.66. The standard InChI is InChI=1S/C21H41N3O11/c22-24-23-2-4-28-6-8-30-10-12-32-14-16-34-18-20-35-19-17-33-15-13-31-11-9-29-7-5-27-3-1-21(25)26/h1-20H2,(H,25,26). The molecule has 0 atom stereocenters. The zero-order valence-electron chi connectivity index (χ0n) is 20.5. The molecule has 0 aliphatic heterocycles. The molecule has 0 saturated heterocycles. The summed E-state index contributed by atoms with van der Waals surface area (Å²) in [5.41, 5.74) is 8.10. The van der Waals surface area contributed by atoms with Crippen LogP contribution in [0.3, 0.4) is 0 Å². The van der Waals surface area contributed by atoms with Gasteiger partial charge in [-0.2, -0.15) is 0 Å². The molecule has 0 amide bonds. The quantitative estimate of drug-likeness (QED) is 0.0629. The highest BCUT2D eigenvalue weighted by Gasteiger charge is 1.97. The van der Waals surface area contributed by atoms with Gasteiger partial charge in [0.25, 0.3) is 0 Å². The number of hydrogen-bond donors (Lipinski definition) is 1. The number of carboxylic acids is 1. The summed E-state index contributed by atoms with van der Waals surface area (Å²) in [7, 11) is 0. The number of aliphatic carboxylic acids is 1. The van der Waals surface area contributed by atoms with Gasteiger partial charge in [-0.25, -0.2) is 0 Å². The lowest BCUT2D eigenvalue weighted by Gasteiger charge is -2.08. The fourth-order valence-electron chi connectivity index (χ4n) is 2.17. The van der Waals surface area contributed by atoms with E-state index in [1.54, 1.807) is 0 Å². The largest absolute Gasteiger partial charge is 0.481 e. The smallest absolute Gasteiger partial charge is 0.305 e. The van der Waals surface area contributed by atoms with Crippen LogP contribution in [0.5, 0.6) is 0 Å². The minimum Gasteiger partial charge on any atom is -0.481 e. The summed E-state index contributed by atoms with van der Waals surface area (Å²) in [6, 6.07) is 0. The number of carbonyl (C=O) groups is 1. The molecule has 206 valence electrons. The summed E-state index contributed by atoms with van der Waals surface area (Å²) >= 11 is 0. The van der Waals surface area contributed by atoms with Gasteiger partial charge in [0, 0.05) is 11.5 Å². The first kappa shape index (κ1) is 33.4. The minimum atomic E-state index is -0.876. The van der Waals surface area contributed by atoms with E-state index >= 15 is 0 Å². The molecule has 0 aromatic heterocycles. The van der Waals surface area contributed by atoms with Crippen molar-refractivity contribution in [2.75, 3.05) is 125 Å². The second-order valence-corrected chi connectivity index (χ2v) is 6.61. The SMILES string of the molecule is [N-]=[N+]=NCCOCCOCCOCCOCCOCCOCCOCCOCCOCCC(=O)O. The Morgan fingerprint density at radius 1 is 0.514 bits per heavy atom. The van der Waals surface area contributed by atoms with E-state index in [1.807, 2.05) is 0 Å². The normalized spacial score (nSPS) is 11.0. The molecular formula is C21H41N3O11. The van der Waals surface area contributed by atoms with Crippen LogP contribution in [0.2, 0.25) is 0 Å². The molecule has 14 heteroatoms. The molecule has 0 aliphatic carbocycles. The first-order valence-corrected chi connectivity index (χ1v) is 11.7. The second-order valence-electron chi connectivity index (χ2n) is 6.61. The molecule has 0 bridgehead atoms. The fraction of sp³-hybridized carbons (Fsp3) is 0.952. The van der Waals surface area contributed by atoms with Crippen LogP contribution in [0.4, 0.5) is 0 Å². The molecule has 14 nitrogen and oxygen atoms in total. The molecule has 1 N–H and O–H groups in total. The van der Waals surface area contributed by atoms with Gasteiger partial charge < -0.3 is 47.7 Å². The van der Waals surface area contributed by atoms with E-state index in [0.29, 0.717) is 119 Å². The molecule has 0 fully saturated rings. The molecule has 0 spiro atoms. The van der Waals surface area contributed by atoms with Gasteiger partial charge in [0.15, 0.2) is 0 Å². The van der Waals surface area contributed by atoms with Crippen LogP contribution in [-0.4, -0.2) is 137 Å². The molecule has 0 heterocycles. The molecular weight excluding hydrogens is 470 g/mol. The van der Waals surface area contributed by atoms with Crippen molar-refractivity contribution in [1.82, 2.24) is 0 Å². The number of hydrogen-bond acceptors (Lipinski definition) is 11. The van der Waals surface area contributed by atoms with Crippen LogP contribution in [0, 0.1) is 0 Å². The van der Waals surface area contributed by atoms with Crippen molar-refractivity contribution >= 4 is 5.97 Å². The summed E-state index contributed by atoms with van der Waals surface area (Å²) in [6.45, 7) is 8.33. The average Bonchev–Trinajstić information content (AvgIpc) is 2.85. The second kappa shape index (κ2) is 30.5. The van der Waals surface area contributed by atoms with E-state index in [2.05, 4.69) is 10.0 Å². The van der Waals surface area contributed by atoms with Gasteiger partial charge >= 0.3 is 5.97 Å². The Labute approximate surface area is 206 Å². The summed E-state index contributed by atoms with van der Waals surface area (Å²) < 4.78 is 47.9. The minimum absolute atomic E-state index is 0.00257. The third-order valence-electron chi connectivity index (χ3n) is 3.84. The Kier molecular flexibility index (Phi) is 29.1. The highest BCUT2D eigenvalue weighted by Crippen LogP contribution is 1.87. The van der Waals surface area contributed by atoms with Gasteiger partial charge in [-0.05, 0) is 5.53 Å². The van der Waals surface area contributed by atoms with Crippen molar-refractivity contribution in [2.45, 2.75) is 6.42 Å². The third kappa shape index (κ3) is 32.4. The zero-order valence-corrected chi connectivity index (χ0v) is 20.5. The lowest BCUT2D eigenvalue weighted by molar-refractivity contribution is -0.138. The topological polar surface area (TPSA) is 169 Å². The molecule has 0 unspecified atom stereocenters. The van der Waals surface area contributed by atoms with Crippen molar-refractivity contribution < 1.29 is 52.5 Å². The Morgan fingerprint density at radius 2 is 0.771 bits per heavy atom. The Hall–Kier alpha value is -1.58. The first-order chi connectivity index (χ1) is 17.3. The Morgan fingerprint density at radius 3 is 1.03 bits per heavy atom. The zero-order chi connectivity index (χ0) is 25.5. The lowest BCUT2D eigenvalue weighted by atomic mass is 10.5. The molecule has 0 aliphatic rings. The van der Waals surface area contributed by atoms with Gasteiger partial charge in [-0.15, -0.1) is 0 Å². The number of rotatable bonds is 30. The van der Waals surface area contributed by atoms with Crippen LogP contribution in [-0.2, 0) is 47.4 Å². The Balaban J connectivity index is 3.03. The maximum atomic E-state index is 10.3. The summed E-state index contributed by atoms with van der Waals surface area (Å²) in [5.74, 6) is -0.876. The van der Waals surface area contributed by atoms with E-state index in [1.165, 1.54) is 0 Å². The first-order valence-electron chi connectivity index (χ1n) is 11.7. The fourth-order valence-corrected chi connectivity index (χ4v) is 2.17. The van der Waals surface area contributed by atoms with Crippen molar-refractivity contribution in [3.63, 3.8) is 0 Å². The Bertz CT molecular complexity index is 469. The van der Waals surface area contributed by atoms with Crippen LogP contribution >= 0.6 is 0 Å². The summed E-state index contributed by atoms with van der Waals surface area (Å²) in [5, 5.41) is 11.8. The summed E-state index contributed by atoms with van der Waals surface area (Å²) in [6.07, 6.45) is -0.00257. The molecule has 0 saturated carbocycles. The number of nitrogens with zero attached hydrogens (tertiary/aromatic N) is 3. The lowest BCUT2D eigenvalue weighted by Crippen LogP contribution is -2.15. The van der Waals surface area contributed by atoms with E-state index < -0.39 is 5.97 Å². The number of ether oxygens (including phenoxy) is 9. The molecule has 0 rings (SSSR count). The van der Waals surface area contributed by atoms with Gasteiger partial charge in [0.2, 0.25) is 0 Å². The van der Waals surface area contributed by atoms with E-state index in [4.69, 9.17) is 53.3 Å². The number of azide groups is 1. The van der Waals surface area contributed by atoms with Gasteiger partial charge in [0.05, 0.1) is 125 Å². The van der Waals surface area contributed by atoms with Crippen molar-refractivity contribution in [3.05, 3.63) is 10.4 Å². The number of carboxylic acid groups (broad SMARTS) is 1. The van der Waals surface area contributed by atoms with Crippen molar-refractivity contribution in [1.29, 1.82) is 0 Å². The van der Waals surface area contributed by atoms with E-state index in [9.17, 15) is 4.79 Å². The van der Waals surface area contributed by atoms with Crippen LogP contribution in [0.15, 0.2) is 5.11 Å². The van der Waals surface area contributed by atoms with E-state index in [0.717, 1.165) is 0 Å². The van der Waals surface area contributed by atoms with Crippen molar-refractivity contribution in [3.8, 4) is 0 Å². The van der Waals surface area contributed by atoms with Crippen LogP contribution < -0.4 is 0 Å². The predicted octanol–water partition coefficient (Wildman–Crippen LogP) is 0.921. The van der Waals surface area contributed by atoms with Crippen LogP contribution in [0.1, 0.15) is 6.42 Å². The maximum Gasteiger partial charge on any atom is 0.305 e. The maximum absolute atomic E-state index is 10.3. The average molecular weight is 512 g/mol. The van der Waals surface area contributed by atoms with Gasteiger partial charge in [-0.1, -0.05) is 5.11 Å². The monoisotopic (exact) mass is 511 g/mol. The molecule has 35 heavy (non-hydrogen) atoms. The van der Waals surface area contributed by atoms with E-state index in [-0.39, 0.29) is 13.0 Å². The van der Waals surface area contributed by atoms with Crippen LogP contribution in [0.25, 0.3) is 10.4 Å². The highest BCUT2D eigenvalue weighted by atomic mass is 16.6. The third-order valence-corrected chi connectivity index (χ3v) is 3.84. The van der Waals surface area contributed by atoms with Crippen molar-refractivity contribution in [2.24, 2.45) is 5.11 Å². The molecule has 0 radical (unpaired) electrons.